The lowest BCUT2D eigenvalue weighted by Gasteiger charge is -2.06. The molecule has 12 heavy (non-hydrogen) atoms. The summed E-state index contributed by atoms with van der Waals surface area (Å²) < 4.78 is 13.8. The first-order valence-electron chi connectivity index (χ1n) is 3.41. The Morgan fingerprint density at radius 2 is 2.25 bits per heavy atom. The Labute approximate surface area is 83.7 Å². The molecule has 0 radical (unpaired) electrons. The molecule has 0 aliphatic carbocycles. The van der Waals surface area contributed by atoms with E-state index in [0.29, 0.717) is 15.9 Å². The molecule has 0 aromatic heterocycles. The summed E-state index contributed by atoms with van der Waals surface area (Å²) in [7, 11) is 0. The van der Waals surface area contributed by atoms with Gasteiger partial charge >= 0.3 is 0 Å². The summed E-state index contributed by atoms with van der Waals surface area (Å²) in [6, 6.07) is 3.51. The van der Waals surface area contributed by atoms with Gasteiger partial charge in [-0.15, -0.1) is 11.8 Å². The van der Waals surface area contributed by atoms with E-state index in [0.717, 1.165) is 5.56 Å². The van der Waals surface area contributed by atoms with Crippen molar-refractivity contribution < 1.29 is 4.39 Å². The van der Waals surface area contributed by atoms with Crippen LogP contribution in [0.25, 0.3) is 0 Å². The van der Waals surface area contributed by atoms with E-state index in [9.17, 15) is 4.39 Å². The van der Waals surface area contributed by atoms with E-state index in [1.54, 1.807) is 6.07 Å². The average Bonchev–Trinajstić information content (AvgIpc) is 2.09. The van der Waals surface area contributed by atoms with Crippen molar-refractivity contribution in [3.05, 3.63) is 28.0 Å². The molecule has 1 rings (SSSR count). The third-order valence-corrected chi connectivity index (χ3v) is 3.02. The molecule has 0 bridgehead atoms. The van der Waals surface area contributed by atoms with Crippen LogP contribution in [0.5, 0.6) is 0 Å². The number of benzene rings is 1. The summed E-state index contributed by atoms with van der Waals surface area (Å²) in [4.78, 5) is 0.631. The molecule has 1 aromatic carbocycles. The topological polar surface area (TPSA) is 26.0 Å². The van der Waals surface area contributed by atoms with Crippen molar-refractivity contribution in [3.63, 3.8) is 0 Å². The van der Waals surface area contributed by atoms with Crippen LogP contribution in [0.2, 0.25) is 0 Å². The Hall–Kier alpha value is -0.0600. The molecule has 4 heteroatoms. The first-order valence-corrected chi connectivity index (χ1v) is 5.43. The number of nitrogens with two attached hydrogens (primary N) is 1. The first kappa shape index (κ1) is 10.0. The van der Waals surface area contributed by atoms with Gasteiger partial charge in [0.15, 0.2) is 5.82 Å². The molecule has 1 aromatic rings. The highest BCUT2D eigenvalue weighted by Crippen LogP contribution is 2.28. The number of hydrogen-bond acceptors (Lipinski definition) is 2. The van der Waals surface area contributed by atoms with Crippen molar-refractivity contribution >= 4 is 27.7 Å². The maximum absolute atomic E-state index is 13.3. The summed E-state index contributed by atoms with van der Waals surface area (Å²) in [5.41, 5.74) is 6.30. The second-order valence-electron chi connectivity index (χ2n) is 2.26. The molecule has 0 unspecified atom stereocenters. The average molecular weight is 250 g/mol. The maximum atomic E-state index is 13.3. The zero-order valence-electron chi connectivity index (χ0n) is 6.60. The van der Waals surface area contributed by atoms with Crippen LogP contribution in [-0.4, -0.2) is 6.26 Å². The SMILES string of the molecule is CSc1c(CN)ccc(Br)c1F. The fraction of sp³-hybridized carbons (Fsp3) is 0.250. The molecular formula is C8H9BrFNS. The van der Waals surface area contributed by atoms with Crippen LogP contribution in [-0.2, 0) is 6.54 Å². The lowest BCUT2D eigenvalue weighted by molar-refractivity contribution is 0.590. The number of thioether (sulfide) groups is 1. The van der Waals surface area contributed by atoms with Gasteiger partial charge in [0, 0.05) is 11.4 Å². The van der Waals surface area contributed by atoms with Crippen LogP contribution in [0.15, 0.2) is 21.5 Å². The van der Waals surface area contributed by atoms with E-state index in [-0.39, 0.29) is 5.82 Å². The van der Waals surface area contributed by atoms with Crippen molar-refractivity contribution in [2.24, 2.45) is 5.73 Å². The minimum Gasteiger partial charge on any atom is -0.326 e. The highest BCUT2D eigenvalue weighted by atomic mass is 79.9. The molecular weight excluding hydrogens is 241 g/mol. The minimum absolute atomic E-state index is 0.217. The van der Waals surface area contributed by atoms with Gasteiger partial charge in [-0.05, 0) is 33.8 Å². The number of rotatable bonds is 2. The lowest BCUT2D eigenvalue weighted by Crippen LogP contribution is -2.00. The van der Waals surface area contributed by atoms with E-state index < -0.39 is 0 Å². The molecule has 1 nitrogen and oxygen atoms in total. The summed E-state index contributed by atoms with van der Waals surface area (Å²) in [5, 5.41) is 0. The van der Waals surface area contributed by atoms with Crippen molar-refractivity contribution in [2.45, 2.75) is 11.4 Å². The van der Waals surface area contributed by atoms with Crippen molar-refractivity contribution in [1.82, 2.24) is 0 Å². The summed E-state index contributed by atoms with van der Waals surface area (Å²) in [6.45, 7) is 0.375. The van der Waals surface area contributed by atoms with Gasteiger partial charge in [-0.3, -0.25) is 0 Å². The van der Waals surface area contributed by atoms with Crippen LogP contribution in [0.1, 0.15) is 5.56 Å². The predicted molar refractivity (Wildman–Crippen MR) is 53.8 cm³/mol. The number of hydrogen-bond donors (Lipinski definition) is 1. The highest BCUT2D eigenvalue weighted by molar-refractivity contribution is 9.10. The van der Waals surface area contributed by atoms with Gasteiger partial charge < -0.3 is 5.73 Å². The van der Waals surface area contributed by atoms with Crippen LogP contribution < -0.4 is 5.73 Å². The quantitative estimate of drug-likeness (QED) is 0.817. The largest absolute Gasteiger partial charge is 0.326 e. The standard InChI is InChI=1S/C8H9BrFNS/c1-12-8-5(4-11)2-3-6(9)7(8)10/h2-3H,4,11H2,1H3. The lowest BCUT2D eigenvalue weighted by atomic mass is 10.2. The zero-order valence-corrected chi connectivity index (χ0v) is 9.01. The molecule has 0 atom stereocenters. The van der Waals surface area contributed by atoms with Gasteiger partial charge in [0.25, 0.3) is 0 Å². The van der Waals surface area contributed by atoms with Gasteiger partial charge in [-0.1, -0.05) is 6.07 Å². The van der Waals surface area contributed by atoms with E-state index in [1.807, 2.05) is 12.3 Å². The molecule has 0 fully saturated rings. The maximum Gasteiger partial charge on any atom is 0.151 e. The Balaban J connectivity index is 3.25. The molecule has 0 saturated carbocycles. The summed E-state index contributed by atoms with van der Waals surface area (Å²) in [5.74, 6) is -0.217. The molecule has 0 amide bonds. The van der Waals surface area contributed by atoms with Gasteiger partial charge in [0.2, 0.25) is 0 Å². The number of halogens is 2. The summed E-state index contributed by atoms with van der Waals surface area (Å²) >= 11 is 4.50. The minimum atomic E-state index is -0.217. The van der Waals surface area contributed by atoms with Gasteiger partial charge in [-0.25, -0.2) is 4.39 Å². The third kappa shape index (κ3) is 1.81. The fourth-order valence-corrected chi connectivity index (χ4v) is 2.12. The van der Waals surface area contributed by atoms with E-state index >= 15 is 0 Å². The van der Waals surface area contributed by atoms with E-state index in [4.69, 9.17) is 5.73 Å². The van der Waals surface area contributed by atoms with Crippen LogP contribution in [0.4, 0.5) is 4.39 Å². The molecule has 0 aliphatic heterocycles. The van der Waals surface area contributed by atoms with Crippen molar-refractivity contribution in [3.8, 4) is 0 Å². The van der Waals surface area contributed by atoms with Crippen molar-refractivity contribution in [2.75, 3.05) is 6.26 Å². The Morgan fingerprint density at radius 1 is 1.58 bits per heavy atom. The van der Waals surface area contributed by atoms with Crippen LogP contribution >= 0.6 is 27.7 Å². The Kier molecular flexibility index (Phi) is 3.55. The zero-order chi connectivity index (χ0) is 9.14. The van der Waals surface area contributed by atoms with Gasteiger partial charge in [-0.2, -0.15) is 0 Å². The second kappa shape index (κ2) is 4.25. The molecule has 0 spiro atoms. The van der Waals surface area contributed by atoms with Gasteiger partial charge in [0.05, 0.1) is 4.47 Å². The molecule has 0 heterocycles. The summed E-state index contributed by atoms with van der Waals surface area (Å²) in [6.07, 6.45) is 1.84. The first-order chi connectivity index (χ1) is 5.70. The highest BCUT2D eigenvalue weighted by Gasteiger charge is 2.09. The monoisotopic (exact) mass is 249 g/mol. The normalized spacial score (nSPS) is 10.3. The second-order valence-corrected chi connectivity index (χ2v) is 3.93. The Bertz CT molecular complexity index is 291. The smallest absolute Gasteiger partial charge is 0.151 e. The van der Waals surface area contributed by atoms with Crippen LogP contribution in [0, 0.1) is 5.82 Å². The molecule has 2 N–H and O–H groups in total. The Morgan fingerprint density at radius 3 is 2.75 bits per heavy atom. The van der Waals surface area contributed by atoms with Gasteiger partial charge in [0.1, 0.15) is 0 Å². The van der Waals surface area contributed by atoms with E-state index in [1.165, 1.54) is 11.8 Å². The third-order valence-electron chi connectivity index (χ3n) is 1.56. The van der Waals surface area contributed by atoms with E-state index in [2.05, 4.69) is 15.9 Å². The predicted octanol–water partition coefficient (Wildman–Crippen LogP) is 2.77. The van der Waals surface area contributed by atoms with Crippen molar-refractivity contribution in [1.29, 1.82) is 0 Å². The fourth-order valence-electron chi connectivity index (χ4n) is 0.953. The van der Waals surface area contributed by atoms with Crippen LogP contribution in [0.3, 0.4) is 0 Å². The molecule has 0 saturated heterocycles. The molecule has 66 valence electrons. The molecule has 0 aliphatic rings.